The number of alkyl halides is 6. The second kappa shape index (κ2) is 15.1. The third-order valence-electron chi connectivity index (χ3n) is 3.83. The summed E-state index contributed by atoms with van der Waals surface area (Å²) in [6.07, 6.45) is -4.78. The summed E-state index contributed by atoms with van der Waals surface area (Å²) >= 11 is 0. The molecule has 0 aliphatic carbocycles. The minimum Gasteiger partial charge on any atom is -0.396 e. The summed E-state index contributed by atoms with van der Waals surface area (Å²) in [4.78, 5) is -0.660. The Labute approximate surface area is 215 Å². The van der Waals surface area contributed by atoms with Crippen molar-refractivity contribution in [3.8, 4) is 0 Å². The number of halogens is 7. The van der Waals surface area contributed by atoms with E-state index in [9.17, 15) is 43.2 Å². The smallest absolute Gasteiger partial charge is 0.396 e. The van der Waals surface area contributed by atoms with Gasteiger partial charge in [0.1, 0.15) is 0 Å². The molecule has 0 spiro atoms. The largest absolute Gasteiger partial charge is 0.416 e. The topological polar surface area (TPSA) is 97.7 Å². The van der Waals surface area contributed by atoms with Crippen LogP contribution in [0.3, 0.4) is 0 Å². The number of hydrogen-bond acceptors (Lipinski definition) is 6. The monoisotopic (exact) mass is 596 g/mol. The Hall–Kier alpha value is -2.39. The molecule has 0 aliphatic heterocycles. The van der Waals surface area contributed by atoms with E-state index >= 15 is 0 Å². The van der Waals surface area contributed by atoms with Crippen LogP contribution in [0.15, 0.2) is 83.6 Å². The van der Waals surface area contributed by atoms with E-state index in [2.05, 4.69) is 17.3 Å². The highest BCUT2D eigenvalue weighted by Crippen LogP contribution is 2.31. The minimum absolute atomic E-state index is 0.0904. The maximum atomic E-state index is 12.3. The van der Waals surface area contributed by atoms with Crippen LogP contribution in [0.4, 0.5) is 26.3 Å². The van der Waals surface area contributed by atoms with Crippen LogP contribution in [0.2, 0.25) is 0 Å². The van der Waals surface area contributed by atoms with Crippen LogP contribution in [-0.2, 0) is 35.7 Å². The van der Waals surface area contributed by atoms with Gasteiger partial charge in [0.15, 0.2) is 0 Å². The molecule has 2 rings (SSSR count). The van der Waals surface area contributed by atoms with Crippen LogP contribution in [0.25, 0.3) is 0 Å². The van der Waals surface area contributed by atoms with Gasteiger partial charge >= 0.3 is 12.4 Å². The molecule has 15 heteroatoms. The van der Waals surface area contributed by atoms with Crippen molar-refractivity contribution >= 4 is 29.9 Å². The van der Waals surface area contributed by atoms with Crippen molar-refractivity contribution in [3.63, 3.8) is 0 Å². The Morgan fingerprint density at radius 1 is 0.757 bits per heavy atom. The van der Waals surface area contributed by atoms with Gasteiger partial charge < -0.3 is 5.11 Å². The lowest BCUT2D eigenvalue weighted by atomic mass is 10.2. The Morgan fingerprint density at radius 2 is 1.14 bits per heavy atom. The molecule has 6 nitrogen and oxygen atoms in total. The van der Waals surface area contributed by atoms with E-state index in [1.807, 2.05) is 0 Å². The van der Waals surface area contributed by atoms with E-state index in [0.717, 1.165) is 24.3 Å². The van der Waals surface area contributed by atoms with Crippen LogP contribution in [0.1, 0.15) is 24.0 Å². The highest BCUT2D eigenvalue weighted by molar-refractivity contribution is 8.13. The summed E-state index contributed by atoms with van der Waals surface area (Å²) in [5.74, 6) is 0. The molecule has 37 heavy (non-hydrogen) atoms. The molecule has 0 unspecified atom stereocenters. The first-order valence-corrected chi connectivity index (χ1v) is 13.6. The highest BCUT2D eigenvalue weighted by Gasteiger charge is 2.31. The van der Waals surface area contributed by atoms with Gasteiger partial charge in [0.25, 0.3) is 19.2 Å². The van der Waals surface area contributed by atoms with Gasteiger partial charge in [-0.05, 0) is 61.4 Å². The summed E-state index contributed by atoms with van der Waals surface area (Å²) < 4.78 is 122. The predicted octanol–water partition coefficient (Wildman–Crippen LogP) is 6.17. The lowest BCUT2D eigenvalue weighted by Crippen LogP contribution is -2.09. The van der Waals surface area contributed by atoms with Gasteiger partial charge in [-0.2, -0.15) is 34.8 Å². The van der Waals surface area contributed by atoms with Crippen LogP contribution >= 0.6 is 10.7 Å². The molecule has 0 bridgehead atoms. The van der Waals surface area contributed by atoms with Gasteiger partial charge in [0, 0.05) is 17.3 Å². The fraction of sp³-hybridized carbons (Fsp3) is 0.273. The zero-order valence-electron chi connectivity index (χ0n) is 19.0. The minimum atomic E-state index is -4.49. The zero-order chi connectivity index (χ0) is 28.9. The molecular weight excluding hydrogens is 574 g/mol. The first-order chi connectivity index (χ1) is 16.9. The van der Waals surface area contributed by atoms with Crippen LogP contribution in [0, 0.1) is 0 Å². The molecular formula is C22H23ClF6O6S2. The molecule has 0 saturated carbocycles. The van der Waals surface area contributed by atoms with Crippen molar-refractivity contribution in [1.82, 2.24) is 0 Å². The number of hydrogen-bond donors (Lipinski definition) is 1. The molecule has 0 atom stereocenters. The molecule has 208 valence electrons. The summed E-state index contributed by atoms with van der Waals surface area (Å²) in [7, 11) is -3.05. The summed E-state index contributed by atoms with van der Waals surface area (Å²) in [6, 6.07) is 6.08. The van der Waals surface area contributed by atoms with E-state index in [1.165, 1.54) is 6.08 Å². The van der Waals surface area contributed by atoms with E-state index in [1.54, 1.807) is 6.08 Å². The second-order valence-electron chi connectivity index (χ2n) is 6.64. The molecule has 0 fully saturated rings. The fourth-order valence-electron chi connectivity index (χ4n) is 2.02. The average Bonchev–Trinajstić information content (AvgIpc) is 2.79. The molecule has 2 aromatic rings. The van der Waals surface area contributed by atoms with E-state index in [-0.39, 0.29) is 23.0 Å². The lowest BCUT2D eigenvalue weighted by Gasteiger charge is -2.08. The van der Waals surface area contributed by atoms with Crippen LogP contribution in [-0.4, -0.2) is 35.2 Å². The van der Waals surface area contributed by atoms with Crippen molar-refractivity contribution in [2.75, 3.05) is 13.2 Å². The number of benzene rings is 2. The Morgan fingerprint density at radius 3 is 1.41 bits per heavy atom. The van der Waals surface area contributed by atoms with Gasteiger partial charge in [0.05, 0.1) is 27.5 Å². The van der Waals surface area contributed by atoms with Crippen molar-refractivity contribution in [2.45, 2.75) is 35.0 Å². The van der Waals surface area contributed by atoms with E-state index in [4.69, 9.17) is 15.8 Å². The molecule has 0 aliphatic rings. The van der Waals surface area contributed by atoms with Crippen LogP contribution in [0.5, 0.6) is 0 Å². The molecule has 0 aromatic heterocycles. The molecule has 0 radical (unpaired) electrons. The zero-order valence-corrected chi connectivity index (χ0v) is 21.4. The molecule has 0 amide bonds. The average molecular weight is 597 g/mol. The second-order valence-corrected chi connectivity index (χ2v) is 10.8. The summed E-state index contributed by atoms with van der Waals surface area (Å²) in [6.45, 7) is 6.92. The summed E-state index contributed by atoms with van der Waals surface area (Å²) in [5, 5.41) is 8.00. The fourth-order valence-corrected chi connectivity index (χ4v) is 3.71. The molecule has 1 N–H and O–H groups in total. The van der Waals surface area contributed by atoms with E-state index < -0.39 is 42.6 Å². The summed E-state index contributed by atoms with van der Waals surface area (Å²) in [5.41, 5.74) is -1.82. The lowest BCUT2D eigenvalue weighted by molar-refractivity contribution is -0.138. The molecule has 0 heterocycles. The number of aliphatic hydroxyl groups is 1. The molecule has 2 aromatic carbocycles. The van der Waals surface area contributed by atoms with Crippen molar-refractivity contribution in [3.05, 3.63) is 85.0 Å². The quantitative estimate of drug-likeness (QED) is 0.129. The van der Waals surface area contributed by atoms with Gasteiger partial charge in [-0.15, -0.1) is 13.2 Å². The standard InChI is InChI=1S/C11H11F3O3S.C7H4ClF3O2S.C4H8O/c1-2-3-8-17-18(15,16)10-6-4-9(5-7-10)11(12,13)14;8-14(12,13)6-3-1-5(2-4-6)7(9,10)11;1-2-3-4-5/h2,4-7H,1,3,8H2;1-4H;2,5H,1,3-4H2. The Kier molecular flexibility index (Phi) is 14.1. The number of aliphatic hydroxyl groups excluding tert-OH is 1. The Bertz CT molecular complexity index is 1190. The maximum Gasteiger partial charge on any atom is 0.416 e. The predicted molar refractivity (Wildman–Crippen MR) is 126 cm³/mol. The first kappa shape index (κ1) is 34.6. The molecule has 0 saturated heterocycles. The first-order valence-electron chi connectivity index (χ1n) is 9.91. The number of rotatable bonds is 8. The SMILES string of the molecule is C=CCCO.C=CCCOS(=O)(=O)c1ccc(C(F)(F)F)cc1.O=S(=O)(Cl)c1ccc(C(F)(F)F)cc1. The van der Waals surface area contributed by atoms with Gasteiger partial charge in [0.2, 0.25) is 0 Å². The van der Waals surface area contributed by atoms with Gasteiger partial charge in [-0.3, -0.25) is 4.18 Å². The third kappa shape index (κ3) is 13.6. The highest BCUT2D eigenvalue weighted by atomic mass is 35.7. The van der Waals surface area contributed by atoms with Crippen molar-refractivity contribution in [1.29, 1.82) is 0 Å². The van der Waals surface area contributed by atoms with Crippen LogP contribution < -0.4 is 0 Å². The normalized spacial score (nSPS) is 11.9. The third-order valence-corrected chi connectivity index (χ3v) is 6.52. The van der Waals surface area contributed by atoms with Crippen molar-refractivity contribution < 1.29 is 52.5 Å². The van der Waals surface area contributed by atoms with Gasteiger partial charge in [-0.1, -0.05) is 12.2 Å². The van der Waals surface area contributed by atoms with Gasteiger partial charge in [-0.25, -0.2) is 8.42 Å². The Balaban J connectivity index is 0.000000605. The van der Waals surface area contributed by atoms with Crippen molar-refractivity contribution in [2.24, 2.45) is 0 Å². The maximum absolute atomic E-state index is 12.3. The van der Waals surface area contributed by atoms with E-state index in [0.29, 0.717) is 37.1 Å².